The highest BCUT2D eigenvalue weighted by molar-refractivity contribution is 5.97. The lowest BCUT2D eigenvalue weighted by molar-refractivity contribution is 0.0535. The Morgan fingerprint density at radius 1 is 0.949 bits per heavy atom. The number of amides is 2. The lowest BCUT2D eigenvalue weighted by Gasteiger charge is -2.35. The van der Waals surface area contributed by atoms with Crippen molar-refractivity contribution in [1.82, 2.24) is 20.1 Å². The van der Waals surface area contributed by atoms with Gasteiger partial charge in [0.15, 0.2) is 0 Å². The van der Waals surface area contributed by atoms with Gasteiger partial charge >= 0.3 is 0 Å². The number of carbonyl (C=O) groups is 2. The topological polar surface area (TPSA) is 101 Å². The summed E-state index contributed by atoms with van der Waals surface area (Å²) in [5, 5.41) is 3.25. The van der Waals surface area contributed by atoms with E-state index >= 15 is 0 Å². The predicted molar refractivity (Wildman–Crippen MR) is 142 cm³/mol. The van der Waals surface area contributed by atoms with Crippen LogP contribution >= 0.6 is 0 Å². The van der Waals surface area contributed by atoms with E-state index in [0.29, 0.717) is 73.8 Å². The van der Waals surface area contributed by atoms with Crippen LogP contribution in [0.2, 0.25) is 0 Å². The van der Waals surface area contributed by atoms with Gasteiger partial charge in [0.2, 0.25) is 5.88 Å². The van der Waals surface area contributed by atoms with Crippen molar-refractivity contribution in [3.05, 3.63) is 83.1 Å². The van der Waals surface area contributed by atoms with Gasteiger partial charge in [0.1, 0.15) is 17.7 Å². The normalized spacial score (nSPS) is 17.4. The molecule has 0 aliphatic carbocycles. The van der Waals surface area contributed by atoms with E-state index in [2.05, 4.69) is 10.3 Å². The van der Waals surface area contributed by atoms with Crippen LogP contribution < -0.4 is 15.8 Å². The van der Waals surface area contributed by atoms with Gasteiger partial charge < -0.3 is 25.6 Å². The van der Waals surface area contributed by atoms with E-state index < -0.39 is 5.82 Å². The number of benzene rings is 2. The fourth-order valence-electron chi connectivity index (χ4n) is 4.95. The first-order valence-corrected chi connectivity index (χ1v) is 13.1. The number of hydrogen-bond donors (Lipinski definition) is 2. The summed E-state index contributed by atoms with van der Waals surface area (Å²) in [6, 6.07) is 12.0. The van der Waals surface area contributed by atoms with Crippen LogP contribution in [0.5, 0.6) is 5.88 Å². The number of nitrogens with zero attached hydrogens (tertiary/aromatic N) is 3. The molecule has 0 spiro atoms. The first-order chi connectivity index (χ1) is 18.9. The molecule has 204 valence electrons. The summed E-state index contributed by atoms with van der Waals surface area (Å²) in [5.74, 6) is -0.931. The van der Waals surface area contributed by atoms with Crippen LogP contribution in [0.4, 0.5) is 8.78 Å². The zero-order chi connectivity index (χ0) is 27.4. The number of hydrogen-bond acceptors (Lipinski definition) is 6. The Hall–Kier alpha value is -3.89. The van der Waals surface area contributed by atoms with E-state index in [1.54, 1.807) is 34.1 Å². The maximum absolute atomic E-state index is 14.0. The Bertz CT molecular complexity index is 1340. The Balaban J connectivity index is 1.30. The molecule has 39 heavy (non-hydrogen) atoms. The summed E-state index contributed by atoms with van der Waals surface area (Å²) in [6.07, 6.45) is 2.79. The van der Waals surface area contributed by atoms with E-state index in [0.717, 1.165) is 13.0 Å². The number of rotatable bonds is 7. The highest BCUT2D eigenvalue weighted by Crippen LogP contribution is 2.31. The Labute approximate surface area is 225 Å². The van der Waals surface area contributed by atoms with Crippen molar-refractivity contribution in [1.29, 1.82) is 0 Å². The number of pyridine rings is 1. The first-order valence-electron chi connectivity index (χ1n) is 13.1. The molecule has 1 atom stereocenters. The summed E-state index contributed by atoms with van der Waals surface area (Å²) in [5.41, 5.74) is 8.22. The van der Waals surface area contributed by atoms with Crippen LogP contribution in [-0.2, 0) is 6.42 Å². The smallest absolute Gasteiger partial charge is 0.255 e. The third kappa shape index (κ3) is 6.23. The van der Waals surface area contributed by atoms with Gasteiger partial charge in [-0.3, -0.25) is 9.59 Å². The number of nitrogens with two attached hydrogens (primary N) is 1. The second-order valence-corrected chi connectivity index (χ2v) is 9.79. The molecule has 2 aliphatic rings. The first kappa shape index (κ1) is 26.7. The number of piperazine rings is 1. The van der Waals surface area contributed by atoms with Crippen molar-refractivity contribution in [2.75, 3.05) is 45.8 Å². The minimum absolute atomic E-state index is 0.0339. The van der Waals surface area contributed by atoms with E-state index in [1.165, 1.54) is 30.5 Å². The van der Waals surface area contributed by atoms with E-state index in [4.69, 9.17) is 10.5 Å². The summed E-state index contributed by atoms with van der Waals surface area (Å²) < 4.78 is 33.7. The van der Waals surface area contributed by atoms with Crippen LogP contribution in [0.15, 0.2) is 54.7 Å². The summed E-state index contributed by atoms with van der Waals surface area (Å²) in [4.78, 5) is 34.2. The molecule has 2 aromatic carbocycles. The van der Waals surface area contributed by atoms with E-state index in [-0.39, 0.29) is 29.3 Å². The number of carbonyl (C=O) groups excluding carboxylic acids is 2. The predicted octanol–water partition coefficient (Wildman–Crippen LogP) is 2.87. The maximum Gasteiger partial charge on any atom is 0.255 e. The van der Waals surface area contributed by atoms with Crippen molar-refractivity contribution in [2.45, 2.75) is 18.9 Å². The molecule has 3 N–H and O–H groups in total. The SMILES string of the molecule is NCCc1cc(F)cc(C(=O)N2CCN(C(=O)c3cnc(O[C@H]4CCNC4)c(-c4ccc(F)cc4)c3)CC2)c1. The number of aromatic nitrogens is 1. The van der Waals surface area contributed by atoms with Gasteiger partial charge in [0, 0.05) is 50.0 Å². The highest BCUT2D eigenvalue weighted by Gasteiger charge is 2.27. The molecule has 3 heterocycles. The van der Waals surface area contributed by atoms with Crippen LogP contribution in [0, 0.1) is 11.6 Å². The van der Waals surface area contributed by atoms with Gasteiger partial charge in [-0.1, -0.05) is 12.1 Å². The molecule has 5 rings (SSSR count). The molecular weight excluding hydrogens is 504 g/mol. The molecule has 2 saturated heterocycles. The molecule has 2 amide bonds. The molecule has 0 unspecified atom stereocenters. The average molecular weight is 536 g/mol. The van der Waals surface area contributed by atoms with Gasteiger partial charge in [0.25, 0.3) is 11.8 Å². The minimum atomic E-state index is -0.473. The van der Waals surface area contributed by atoms with Crippen LogP contribution in [0.3, 0.4) is 0 Å². The molecule has 10 heteroatoms. The number of ether oxygens (including phenoxy) is 1. The van der Waals surface area contributed by atoms with Gasteiger partial charge in [0.05, 0.1) is 5.56 Å². The number of halogens is 2. The number of nitrogens with one attached hydrogen (secondary N) is 1. The van der Waals surface area contributed by atoms with Gasteiger partial charge in [-0.15, -0.1) is 0 Å². The van der Waals surface area contributed by atoms with Crippen LogP contribution in [-0.4, -0.2) is 78.5 Å². The standard InChI is InChI=1S/C29H31F2N5O3/c30-23-3-1-20(2-4-23)26-16-22(17-34-27(26)39-25-6-8-33-18-25)29(38)36-11-9-35(10-12-36)28(37)21-13-19(5-7-32)14-24(31)15-21/h1-4,13-17,25,33H,5-12,18,32H2/t25-/m0/s1. The Morgan fingerprint density at radius 2 is 1.64 bits per heavy atom. The molecule has 8 nitrogen and oxygen atoms in total. The molecule has 2 fully saturated rings. The zero-order valence-electron chi connectivity index (χ0n) is 21.5. The van der Waals surface area contributed by atoms with Crippen molar-refractivity contribution < 1.29 is 23.1 Å². The van der Waals surface area contributed by atoms with Gasteiger partial charge in [-0.2, -0.15) is 0 Å². The van der Waals surface area contributed by atoms with Crippen LogP contribution in [0.25, 0.3) is 11.1 Å². The van der Waals surface area contributed by atoms with E-state index in [1.807, 2.05) is 0 Å². The molecule has 0 bridgehead atoms. The van der Waals surface area contributed by atoms with Gasteiger partial charge in [-0.25, -0.2) is 13.8 Å². The van der Waals surface area contributed by atoms with Crippen molar-refractivity contribution in [2.24, 2.45) is 5.73 Å². The Kier molecular flexibility index (Phi) is 8.13. The zero-order valence-corrected chi connectivity index (χ0v) is 21.5. The third-order valence-corrected chi connectivity index (χ3v) is 7.04. The van der Waals surface area contributed by atoms with Crippen molar-refractivity contribution in [3.8, 4) is 17.0 Å². The largest absolute Gasteiger partial charge is 0.473 e. The fraction of sp³-hybridized carbons (Fsp3) is 0.345. The lowest BCUT2D eigenvalue weighted by atomic mass is 10.0. The monoisotopic (exact) mass is 535 g/mol. The summed E-state index contributed by atoms with van der Waals surface area (Å²) in [6.45, 7) is 3.22. The fourth-order valence-corrected chi connectivity index (χ4v) is 4.95. The van der Waals surface area contributed by atoms with Crippen LogP contribution in [0.1, 0.15) is 32.7 Å². The molecule has 3 aromatic rings. The molecular formula is C29H31F2N5O3. The minimum Gasteiger partial charge on any atom is -0.473 e. The third-order valence-electron chi connectivity index (χ3n) is 7.04. The molecule has 0 radical (unpaired) electrons. The van der Waals surface area contributed by atoms with Crippen molar-refractivity contribution >= 4 is 11.8 Å². The second-order valence-electron chi connectivity index (χ2n) is 9.79. The Morgan fingerprint density at radius 3 is 2.28 bits per heavy atom. The maximum atomic E-state index is 14.0. The highest BCUT2D eigenvalue weighted by atomic mass is 19.1. The molecule has 0 saturated carbocycles. The molecule has 1 aromatic heterocycles. The average Bonchev–Trinajstić information content (AvgIpc) is 3.46. The lowest BCUT2D eigenvalue weighted by Crippen LogP contribution is -2.50. The summed E-state index contributed by atoms with van der Waals surface area (Å²) >= 11 is 0. The molecule has 2 aliphatic heterocycles. The van der Waals surface area contributed by atoms with E-state index in [9.17, 15) is 18.4 Å². The second kappa shape index (κ2) is 11.9. The van der Waals surface area contributed by atoms with Crippen molar-refractivity contribution in [3.63, 3.8) is 0 Å². The quantitative estimate of drug-likeness (QED) is 0.483. The van der Waals surface area contributed by atoms with Gasteiger partial charge in [-0.05, 0) is 73.5 Å². The summed E-state index contributed by atoms with van der Waals surface area (Å²) in [7, 11) is 0.